The van der Waals surface area contributed by atoms with Gasteiger partial charge in [-0.15, -0.1) is 6.58 Å². The first kappa shape index (κ1) is 25.5. The maximum Gasteiger partial charge on any atom is 0.416 e. The topological polar surface area (TPSA) is 74.3 Å². The Morgan fingerprint density at radius 3 is 2.29 bits per heavy atom. The highest BCUT2D eigenvalue weighted by Gasteiger charge is 2.52. The van der Waals surface area contributed by atoms with Gasteiger partial charge in [-0.2, -0.15) is 0 Å². The highest BCUT2D eigenvalue weighted by molar-refractivity contribution is 5.95. The minimum Gasteiger partial charge on any atom is -0.493 e. The number of amides is 2. The van der Waals surface area contributed by atoms with Crippen LogP contribution in [0.5, 0.6) is 11.5 Å². The molecule has 3 aromatic carbocycles. The van der Waals surface area contributed by atoms with E-state index in [2.05, 4.69) is 6.58 Å². The Hall–Kier alpha value is -4.10. The maximum absolute atomic E-state index is 14.3. The first-order valence-corrected chi connectivity index (χ1v) is 12.6. The molecule has 2 fully saturated rings. The summed E-state index contributed by atoms with van der Waals surface area (Å²) >= 11 is 0. The highest BCUT2D eigenvalue weighted by Crippen LogP contribution is 2.51. The summed E-state index contributed by atoms with van der Waals surface area (Å²) in [6.45, 7) is 4.21. The van der Waals surface area contributed by atoms with E-state index in [1.54, 1.807) is 26.4 Å². The fourth-order valence-corrected chi connectivity index (χ4v) is 5.47. The van der Waals surface area contributed by atoms with Crippen LogP contribution in [0, 0.1) is 11.8 Å². The SMILES string of the molecule is C=C[C@H]1[C@H](C(=O)N2C(=O)OC[C@@H]2Cc2ccccc2)[C@@H](c2ccc(OC)c(OC)c2)O[C@H]1c1ccccc1. The van der Waals surface area contributed by atoms with Crippen molar-refractivity contribution in [3.05, 3.63) is 108 Å². The van der Waals surface area contributed by atoms with Crippen molar-refractivity contribution in [1.29, 1.82) is 0 Å². The van der Waals surface area contributed by atoms with Crippen molar-refractivity contribution in [2.24, 2.45) is 11.8 Å². The van der Waals surface area contributed by atoms with Crippen molar-refractivity contribution in [2.45, 2.75) is 24.7 Å². The number of hydrogen-bond donors (Lipinski definition) is 0. The molecular formula is C31H31NO6. The van der Waals surface area contributed by atoms with Gasteiger partial charge in [0, 0.05) is 5.92 Å². The number of imide groups is 1. The maximum atomic E-state index is 14.3. The number of cyclic esters (lactones) is 1. The summed E-state index contributed by atoms with van der Waals surface area (Å²) in [5.41, 5.74) is 2.71. The molecule has 196 valence electrons. The van der Waals surface area contributed by atoms with Gasteiger partial charge in [-0.3, -0.25) is 4.79 Å². The lowest BCUT2D eigenvalue weighted by atomic mass is 9.81. The summed E-state index contributed by atoms with van der Waals surface area (Å²) in [6, 6.07) is 24.6. The van der Waals surface area contributed by atoms with Gasteiger partial charge in [0.25, 0.3) is 0 Å². The van der Waals surface area contributed by atoms with Crippen LogP contribution in [0.2, 0.25) is 0 Å². The average Bonchev–Trinajstić information content (AvgIpc) is 3.53. The van der Waals surface area contributed by atoms with Gasteiger partial charge in [0.05, 0.1) is 38.4 Å². The molecule has 38 heavy (non-hydrogen) atoms. The van der Waals surface area contributed by atoms with Gasteiger partial charge in [0.1, 0.15) is 6.61 Å². The Balaban J connectivity index is 1.54. The number of carbonyl (C=O) groups excluding carboxylic acids is 2. The predicted molar refractivity (Wildman–Crippen MR) is 142 cm³/mol. The zero-order valence-corrected chi connectivity index (χ0v) is 21.5. The van der Waals surface area contributed by atoms with Crippen LogP contribution >= 0.6 is 0 Å². The van der Waals surface area contributed by atoms with Crippen LogP contribution < -0.4 is 9.47 Å². The Bertz CT molecular complexity index is 1290. The molecule has 0 spiro atoms. The van der Waals surface area contributed by atoms with E-state index >= 15 is 0 Å². The smallest absolute Gasteiger partial charge is 0.416 e. The number of rotatable bonds is 8. The molecule has 3 aromatic rings. The van der Waals surface area contributed by atoms with E-state index in [1.165, 1.54) is 4.90 Å². The summed E-state index contributed by atoms with van der Waals surface area (Å²) in [6.07, 6.45) is 0.559. The monoisotopic (exact) mass is 513 g/mol. The Kier molecular flexibility index (Phi) is 7.47. The molecule has 0 bridgehead atoms. The first-order chi connectivity index (χ1) is 18.5. The van der Waals surface area contributed by atoms with Crippen molar-refractivity contribution < 1.29 is 28.5 Å². The highest BCUT2D eigenvalue weighted by atomic mass is 16.6. The molecule has 0 aliphatic carbocycles. The molecule has 2 aliphatic heterocycles. The minimum absolute atomic E-state index is 0.148. The third kappa shape index (κ3) is 4.77. The summed E-state index contributed by atoms with van der Waals surface area (Å²) in [7, 11) is 3.13. The molecule has 2 amide bonds. The van der Waals surface area contributed by atoms with E-state index in [0.717, 1.165) is 16.7 Å². The first-order valence-electron chi connectivity index (χ1n) is 12.6. The molecule has 2 heterocycles. The molecule has 2 aliphatic rings. The molecule has 5 atom stereocenters. The molecule has 0 radical (unpaired) electrons. The van der Waals surface area contributed by atoms with Crippen molar-refractivity contribution in [3.8, 4) is 11.5 Å². The van der Waals surface area contributed by atoms with Gasteiger partial charge >= 0.3 is 6.09 Å². The van der Waals surface area contributed by atoms with Crippen molar-refractivity contribution in [2.75, 3.05) is 20.8 Å². The third-order valence-electron chi connectivity index (χ3n) is 7.32. The number of methoxy groups -OCH3 is 2. The second-order valence-electron chi connectivity index (χ2n) is 9.47. The van der Waals surface area contributed by atoms with E-state index in [9.17, 15) is 9.59 Å². The van der Waals surface area contributed by atoms with Crippen LogP contribution in [0.15, 0.2) is 91.5 Å². The summed E-state index contributed by atoms with van der Waals surface area (Å²) in [5.74, 6) is -0.325. The fraction of sp³-hybridized carbons (Fsp3) is 0.290. The molecular weight excluding hydrogens is 482 g/mol. The summed E-state index contributed by atoms with van der Waals surface area (Å²) < 4.78 is 22.9. The number of nitrogens with zero attached hydrogens (tertiary/aromatic N) is 1. The van der Waals surface area contributed by atoms with Crippen LogP contribution in [0.3, 0.4) is 0 Å². The van der Waals surface area contributed by atoms with Gasteiger partial charge < -0.3 is 18.9 Å². The lowest BCUT2D eigenvalue weighted by Gasteiger charge is -2.28. The third-order valence-corrected chi connectivity index (χ3v) is 7.32. The van der Waals surface area contributed by atoms with E-state index in [0.29, 0.717) is 17.9 Å². The van der Waals surface area contributed by atoms with E-state index in [-0.39, 0.29) is 18.4 Å². The molecule has 0 aromatic heterocycles. The Morgan fingerprint density at radius 2 is 1.63 bits per heavy atom. The summed E-state index contributed by atoms with van der Waals surface area (Å²) in [4.78, 5) is 28.5. The van der Waals surface area contributed by atoms with Crippen LogP contribution in [-0.4, -0.2) is 43.8 Å². The van der Waals surface area contributed by atoms with Gasteiger partial charge in [-0.05, 0) is 35.2 Å². The fourth-order valence-electron chi connectivity index (χ4n) is 5.47. The lowest BCUT2D eigenvalue weighted by molar-refractivity contribution is -0.136. The summed E-state index contributed by atoms with van der Waals surface area (Å²) in [5, 5.41) is 0. The lowest BCUT2D eigenvalue weighted by Crippen LogP contribution is -2.45. The standard InChI is InChI=1S/C31H31NO6/c1-4-24-27(30(33)32-23(19-37-31(32)34)17-20-11-7-5-8-12-20)29(38-28(24)21-13-9-6-10-14-21)22-15-16-25(35-2)26(18-22)36-3/h4-16,18,23-24,27-29H,1,17,19H2,2-3H3/t23-,24-,27-,28-,29+/m0/s1. The second-order valence-corrected chi connectivity index (χ2v) is 9.47. The van der Waals surface area contributed by atoms with Crippen LogP contribution in [-0.2, 0) is 20.7 Å². The van der Waals surface area contributed by atoms with Crippen LogP contribution in [0.4, 0.5) is 4.79 Å². The van der Waals surface area contributed by atoms with Gasteiger partial charge in [0.15, 0.2) is 11.5 Å². The average molecular weight is 514 g/mol. The number of ether oxygens (including phenoxy) is 4. The molecule has 0 saturated carbocycles. The molecule has 2 saturated heterocycles. The predicted octanol–water partition coefficient (Wildman–Crippen LogP) is 5.52. The minimum atomic E-state index is -0.709. The van der Waals surface area contributed by atoms with Crippen LogP contribution in [0.1, 0.15) is 28.9 Å². The molecule has 0 unspecified atom stereocenters. The quantitative estimate of drug-likeness (QED) is 0.369. The number of hydrogen-bond acceptors (Lipinski definition) is 6. The molecule has 5 rings (SSSR count). The van der Waals surface area contributed by atoms with E-state index in [1.807, 2.05) is 72.8 Å². The number of benzene rings is 3. The van der Waals surface area contributed by atoms with Gasteiger partial charge in [-0.1, -0.05) is 72.8 Å². The number of carbonyl (C=O) groups is 2. The largest absolute Gasteiger partial charge is 0.493 e. The molecule has 0 N–H and O–H groups in total. The van der Waals surface area contributed by atoms with Gasteiger partial charge in [-0.25, -0.2) is 9.69 Å². The Morgan fingerprint density at radius 1 is 0.947 bits per heavy atom. The van der Waals surface area contributed by atoms with Crippen molar-refractivity contribution in [3.63, 3.8) is 0 Å². The zero-order chi connectivity index (χ0) is 26.6. The molecule has 7 nitrogen and oxygen atoms in total. The van der Waals surface area contributed by atoms with Gasteiger partial charge in [0.2, 0.25) is 5.91 Å². The van der Waals surface area contributed by atoms with E-state index in [4.69, 9.17) is 18.9 Å². The van der Waals surface area contributed by atoms with Crippen molar-refractivity contribution >= 4 is 12.0 Å². The Labute approximate surface area is 222 Å². The zero-order valence-electron chi connectivity index (χ0n) is 21.5. The molecule has 7 heteroatoms. The van der Waals surface area contributed by atoms with E-state index < -0.39 is 30.3 Å². The van der Waals surface area contributed by atoms with Crippen LogP contribution in [0.25, 0.3) is 0 Å². The normalized spacial score (nSPS) is 24.6. The van der Waals surface area contributed by atoms with Crippen molar-refractivity contribution in [1.82, 2.24) is 4.90 Å². The second kappa shape index (κ2) is 11.1.